The maximum atomic E-state index is 13.5. The van der Waals surface area contributed by atoms with Gasteiger partial charge >= 0.3 is 0 Å². The van der Waals surface area contributed by atoms with Crippen LogP contribution in [0.2, 0.25) is 0 Å². The highest BCUT2D eigenvalue weighted by molar-refractivity contribution is 7.22. The van der Waals surface area contributed by atoms with Gasteiger partial charge in [0.05, 0.1) is 23.0 Å². The largest absolute Gasteiger partial charge is 0.467 e. The van der Waals surface area contributed by atoms with Crippen LogP contribution in [-0.4, -0.2) is 16.7 Å². The molecule has 4 aromatic rings. The molecule has 0 saturated carbocycles. The molecule has 2 heterocycles. The average Bonchev–Trinajstić information content (AvgIpc) is 3.34. The topological polar surface area (TPSA) is 63.4 Å². The Morgan fingerprint density at radius 1 is 1.11 bits per heavy atom. The zero-order valence-corrected chi connectivity index (χ0v) is 15.7. The van der Waals surface area contributed by atoms with Crippen molar-refractivity contribution in [3.63, 3.8) is 0 Å². The second-order valence-electron chi connectivity index (χ2n) is 6.21. The number of carbonyl (C=O) groups excluding carboxylic acids is 2. The van der Waals surface area contributed by atoms with E-state index in [-0.39, 0.29) is 24.1 Å². The van der Waals surface area contributed by atoms with E-state index in [4.69, 9.17) is 4.42 Å². The molecule has 0 aliphatic carbocycles. The van der Waals surface area contributed by atoms with Crippen LogP contribution in [0.25, 0.3) is 10.2 Å². The molecule has 0 atom stereocenters. The van der Waals surface area contributed by atoms with Crippen LogP contribution >= 0.6 is 11.3 Å². The fraction of sp³-hybridized carbons (Fsp3) is 0.0952. The Morgan fingerprint density at radius 3 is 2.54 bits per heavy atom. The van der Waals surface area contributed by atoms with E-state index >= 15 is 0 Å². The fourth-order valence-corrected chi connectivity index (χ4v) is 3.78. The number of hydrogen-bond acceptors (Lipinski definition) is 5. The lowest BCUT2D eigenvalue weighted by Crippen LogP contribution is -2.30. The van der Waals surface area contributed by atoms with Crippen molar-refractivity contribution < 1.29 is 18.4 Å². The van der Waals surface area contributed by atoms with Gasteiger partial charge in [0.1, 0.15) is 11.6 Å². The monoisotopic (exact) mass is 394 g/mol. The molecule has 2 aromatic heterocycles. The van der Waals surface area contributed by atoms with Crippen molar-refractivity contribution >= 4 is 38.4 Å². The maximum Gasteiger partial charge on any atom is 0.260 e. The van der Waals surface area contributed by atoms with E-state index in [2.05, 4.69) is 4.98 Å². The molecule has 0 radical (unpaired) electrons. The van der Waals surface area contributed by atoms with Crippen LogP contribution in [0.3, 0.4) is 0 Å². The molecule has 2 aromatic carbocycles. The number of amides is 1. The summed E-state index contributed by atoms with van der Waals surface area (Å²) in [6.07, 6.45) is 1.54. The molecule has 0 saturated heterocycles. The molecule has 0 aliphatic heterocycles. The van der Waals surface area contributed by atoms with E-state index in [1.165, 1.54) is 41.6 Å². The second kappa shape index (κ2) is 7.36. The quantitative estimate of drug-likeness (QED) is 0.443. The first-order valence-electron chi connectivity index (χ1n) is 8.52. The Kier molecular flexibility index (Phi) is 4.75. The van der Waals surface area contributed by atoms with E-state index in [1.54, 1.807) is 42.5 Å². The van der Waals surface area contributed by atoms with Gasteiger partial charge in [-0.25, -0.2) is 9.37 Å². The predicted octanol–water partition coefficient (Wildman–Crippen LogP) is 5.08. The summed E-state index contributed by atoms with van der Waals surface area (Å²) in [6, 6.07) is 14.3. The number of aromatic nitrogens is 1. The number of thiazole rings is 1. The Bertz CT molecular complexity index is 1150. The highest BCUT2D eigenvalue weighted by Gasteiger charge is 2.23. The number of hydrogen-bond donors (Lipinski definition) is 0. The van der Waals surface area contributed by atoms with Crippen LogP contribution in [0.15, 0.2) is 65.3 Å². The van der Waals surface area contributed by atoms with Crippen molar-refractivity contribution in [3.05, 3.63) is 83.6 Å². The summed E-state index contributed by atoms with van der Waals surface area (Å²) in [5, 5.41) is 0.442. The molecule has 1 amide bonds. The lowest BCUT2D eigenvalue weighted by molar-refractivity contribution is 0.0979. The number of anilines is 1. The molecule has 28 heavy (non-hydrogen) atoms. The van der Waals surface area contributed by atoms with Gasteiger partial charge in [0, 0.05) is 11.1 Å². The standard InChI is InChI=1S/C21H15FN2O3S/c1-13(25)14-4-6-15(7-5-14)20(26)24(12-17-3-2-10-27-17)21-23-18-9-8-16(22)11-19(18)28-21/h2-11H,12H2,1H3. The number of fused-ring (bicyclic) bond motifs is 1. The van der Waals surface area contributed by atoms with Crippen LogP contribution in [-0.2, 0) is 6.54 Å². The van der Waals surface area contributed by atoms with Crippen molar-refractivity contribution in [2.24, 2.45) is 0 Å². The minimum atomic E-state index is -0.355. The van der Waals surface area contributed by atoms with Crippen molar-refractivity contribution in [1.82, 2.24) is 4.98 Å². The summed E-state index contributed by atoms with van der Waals surface area (Å²) >= 11 is 1.23. The van der Waals surface area contributed by atoms with E-state index < -0.39 is 0 Å². The fourth-order valence-electron chi connectivity index (χ4n) is 2.79. The van der Waals surface area contributed by atoms with Crippen molar-refractivity contribution in [1.29, 1.82) is 0 Å². The summed E-state index contributed by atoms with van der Waals surface area (Å²) in [6.45, 7) is 1.66. The van der Waals surface area contributed by atoms with Gasteiger partial charge in [-0.3, -0.25) is 14.5 Å². The van der Waals surface area contributed by atoms with Gasteiger partial charge in [-0.2, -0.15) is 0 Å². The number of Topliss-reactive ketones (excluding diaryl/α,β-unsaturated/α-hetero) is 1. The van der Waals surface area contributed by atoms with Gasteiger partial charge in [-0.15, -0.1) is 0 Å². The molecule has 0 bridgehead atoms. The molecule has 5 nitrogen and oxygen atoms in total. The van der Waals surface area contributed by atoms with E-state index in [0.29, 0.717) is 32.2 Å². The summed E-state index contributed by atoms with van der Waals surface area (Å²) in [5.74, 6) is -0.115. The van der Waals surface area contributed by atoms with Gasteiger partial charge in [0.15, 0.2) is 10.9 Å². The Morgan fingerprint density at radius 2 is 1.86 bits per heavy atom. The first-order chi connectivity index (χ1) is 13.5. The minimum Gasteiger partial charge on any atom is -0.467 e. The van der Waals surface area contributed by atoms with Crippen LogP contribution in [0.5, 0.6) is 0 Å². The van der Waals surface area contributed by atoms with Crippen LogP contribution < -0.4 is 4.90 Å². The van der Waals surface area contributed by atoms with Gasteiger partial charge in [0.25, 0.3) is 5.91 Å². The second-order valence-corrected chi connectivity index (χ2v) is 7.22. The molecule has 4 rings (SSSR count). The van der Waals surface area contributed by atoms with E-state index in [0.717, 1.165) is 0 Å². The van der Waals surface area contributed by atoms with Crippen molar-refractivity contribution in [3.8, 4) is 0 Å². The van der Waals surface area contributed by atoms with Gasteiger partial charge < -0.3 is 4.42 Å². The zero-order chi connectivity index (χ0) is 19.7. The first-order valence-corrected chi connectivity index (χ1v) is 9.34. The summed E-state index contributed by atoms with van der Waals surface area (Å²) in [4.78, 5) is 30.6. The highest BCUT2D eigenvalue weighted by atomic mass is 32.1. The molecule has 0 fully saturated rings. The number of nitrogens with zero attached hydrogens (tertiary/aromatic N) is 2. The lowest BCUT2D eigenvalue weighted by Gasteiger charge is -2.19. The van der Waals surface area contributed by atoms with Crippen molar-refractivity contribution in [2.75, 3.05) is 4.90 Å². The maximum absolute atomic E-state index is 13.5. The molecular formula is C21H15FN2O3S. The Hall–Kier alpha value is -3.32. The molecule has 0 spiro atoms. The minimum absolute atomic E-state index is 0.0698. The van der Waals surface area contributed by atoms with Crippen molar-refractivity contribution in [2.45, 2.75) is 13.5 Å². The number of benzene rings is 2. The molecule has 0 aliphatic rings. The number of rotatable bonds is 5. The summed E-state index contributed by atoms with van der Waals surface area (Å²) in [7, 11) is 0. The molecule has 0 unspecified atom stereocenters. The van der Waals surface area contributed by atoms with Gasteiger partial charge in [0.2, 0.25) is 0 Å². The van der Waals surface area contributed by atoms with Gasteiger partial charge in [-0.05, 0) is 49.4 Å². The Balaban J connectivity index is 1.73. The molecule has 0 N–H and O–H groups in total. The van der Waals surface area contributed by atoms with Crippen LogP contribution in [0, 0.1) is 5.82 Å². The summed E-state index contributed by atoms with van der Waals surface area (Å²) < 4.78 is 19.6. The third-order valence-corrected chi connectivity index (χ3v) is 5.29. The smallest absolute Gasteiger partial charge is 0.260 e. The molecular weight excluding hydrogens is 379 g/mol. The number of ketones is 1. The number of carbonyl (C=O) groups is 2. The normalized spacial score (nSPS) is 10.9. The Labute approximate surface area is 164 Å². The third-order valence-electron chi connectivity index (χ3n) is 4.25. The van der Waals surface area contributed by atoms with E-state index in [9.17, 15) is 14.0 Å². The zero-order valence-electron chi connectivity index (χ0n) is 14.9. The van der Waals surface area contributed by atoms with Crippen LogP contribution in [0.1, 0.15) is 33.4 Å². The highest BCUT2D eigenvalue weighted by Crippen LogP contribution is 2.31. The first kappa shape index (κ1) is 18.1. The average molecular weight is 394 g/mol. The molecule has 7 heteroatoms. The molecule has 140 valence electrons. The van der Waals surface area contributed by atoms with Gasteiger partial charge in [-0.1, -0.05) is 23.5 Å². The third kappa shape index (κ3) is 3.57. The van der Waals surface area contributed by atoms with E-state index in [1.807, 2.05) is 0 Å². The number of halogens is 1. The lowest BCUT2D eigenvalue weighted by atomic mass is 10.1. The predicted molar refractivity (Wildman–Crippen MR) is 105 cm³/mol. The number of furan rings is 1. The van der Waals surface area contributed by atoms with Crippen LogP contribution in [0.4, 0.5) is 9.52 Å². The SMILES string of the molecule is CC(=O)c1ccc(C(=O)N(Cc2ccco2)c2nc3ccc(F)cc3s2)cc1. The summed E-state index contributed by atoms with van der Waals surface area (Å²) in [5.41, 5.74) is 1.57.